The Morgan fingerprint density at radius 3 is 2.27 bits per heavy atom. The van der Waals surface area contributed by atoms with Crippen LogP contribution in [0.1, 0.15) is 80.5 Å². The molecule has 3 rings (SSSR count). The van der Waals surface area contributed by atoms with Crippen molar-refractivity contribution in [2.45, 2.75) is 64.7 Å². The van der Waals surface area contributed by atoms with E-state index in [0.29, 0.717) is 11.5 Å². The van der Waals surface area contributed by atoms with Crippen molar-refractivity contribution >= 4 is 0 Å². The third-order valence-corrected chi connectivity index (χ3v) is 5.71. The van der Waals surface area contributed by atoms with Crippen LogP contribution in [0.15, 0.2) is 42.5 Å². The summed E-state index contributed by atoms with van der Waals surface area (Å²) in [5.74, 6) is 7.29. The highest BCUT2D eigenvalue weighted by atomic mass is 19.1. The first-order valence-electron chi connectivity index (χ1n) is 10.1. The topological polar surface area (TPSA) is 0 Å². The van der Waals surface area contributed by atoms with Crippen LogP contribution in [-0.4, -0.2) is 0 Å². The SMILES string of the molecule is CCCC1CCC(c2ccc(C#Cc3ccc(CC)cc3)c(F)c2)CC1. The normalized spacial score (nSPS) is 19.7. The van der Waals surface area contributed by atoms with Gasteiger partial charge in [0.05, 0.1) is 5.56 Å². The van der Waals surface area contributed by atoms with Gasteiger partial charge in [-0.3, -0.25) is 0 Å². The largest absolute Gasteiger partial charge is 0.206 e. The molecule has 0 spiro atoms. The average Bonchev–Trinajstić information content (AvgIpc) is 2.68. The van der Waals surface area contributed by atoms with Crippen LogP contribution in [0.4, 0.5) is 4.39 Å². The predicted octanol–water partition coefficient (Wildman–Crippen LogP) is 6.86. The third-order valence-electron chi connectivity index (χ3n) is 5.71. The number of aryl methyl sites for hydroxylation is 1. The van der Waals surface area contributed by atoms with Crippen LogP contribution in [0.25, 0.3) is 0 Å². The van der Waals surface area contributed by atoms with Crippen molar-refractivity contribution in [2.24, 2.45) is 5.92 Å². The Morgan fingerprint density at radius 2 is 1.65 bits per heavy atom. The molecule has 0 radical (unpaired) electrons. The smallest absolute Gasteiger partial charge is 0.139 e. The van der Waals surface area contributed by atoms with E-state index in [1.54, 1.807) is 6.07 Å². The van der Waals surface area contributed by atoms with Crippen LogP contribution >= 0.6 is 0 Å². The Bertz CT molecular complexity index is 768. The zero-order chi connectivity index (χ0) is 18.4. The fourth-order valence-electron chi connectivity index (χ4n) is 4.04. The van der Waals surface area contributed by atoms with E-state index in [1.165, 1.54) is 44.1 Å². The third kappa shape index (κ3) is 4.76. The van der Waals surface area contributed by atoms with Gasteiger partial charge in [-0.05, 0) is 79.3 Å². The highest BCUT2D eigenvalue weighted by Gasteiger charge is 2.22. The second-order valence-corrected chi connectivity index (χ2v) is 7.55. The van der Waals surface area contributed by atoms with Gasteiger partial charge in [-0.25, -0.2) is 4.39 Å². The van der Waals surface area contributed by atoms with E-state index in [2.05, 4.69) is 43.9 Å². The van der Waals surface area contributed by atoms with Crippen LogP contribution in [0.2, 0.25) is 0 Å². The van der Waals surface area contributed by atoms with Crippen LogP contribution < -0.4 is 0 Å². The second-order valence-electron chi connectivity index (χ2n) is 7.55. The van der Waals surface area contributed by atoms with E-state index in [9.17, 15) is 4.39 Å². The lowest BCUT2D eigenvalue weighted by Crippen LogP contribution is -2.13. The van der Waals surface area contributed by atoms with Crippen molar-refractivity contribution in [1.82, 2.24) is 0 Å². The molecule has 2 aromatic rings. The highest BCUT2D eigenvalue weighted by Crippen LogP contribution is 2.37. The van der Waals surface area contributed by atoms with Crippen LogP contribution in [-0.2, 0) is 6.42 Å². The first-order chi connectivity index (χ1) is 12.7. The van der Waals surface area contributed by atoms with Gasteiger partial charge < -0.3 is 0 Å². The first-order valence-corrected chi connectivity index (χ1v) is 10.1. The maximum Gasteiger partial charge on any atom is 0.139 e. The Kier molecular flexibility index (Phi) is 6.51. The molecule has 1 heteroatoms. The molecule has 26 heavy (non-hydrogen) atoms. The Morgan fingerprint density at radius 1 is 0.923 bits per heavy atom. The monoisotopic (exact) mass is 348 g/mol. The summed E-state index contributed by atoms with van der Waals surface area (Å²) in [4.78, 5) is 0. The van der Waals surface area contributed by atoms with E-state index in [0.717, 1.165) is 23.5 Å². The molecule has 2 aromatic carbocycles. The Balaban J connectivity index is 1.67. The van der Waals surface area contributed by atoms with Gasteiger partial charge >= 0.3 is 0 Å². The second kappa shape index (κ2) is 9.04. The maximum absolute atomic E-state index is 14.5. The molecule has 0 aromatic heterocycles. The molecular formula is C25H29F. The minimum absolute atomic E-state index is 0.184. The van der Waals surface area contributed by atoms with Crippen molar-refractivity contribution in [1.29, 1.82) is 0 Å². The zero-order valence-corrected chi connectivity index (χ0v) is 16.0. The number of hydrogen-bond donors (Lipinski definition) is 0. The number of hydrogen-bond acceptors (Lipinski definition) is 0. The van der Waals surface area contributed by atoms with Crippen molar-refractivity contribution in [3.8, 4) is 11.8 Å². The zero-order valence-electron chi connectivity index (χ0n) is 16.0. The molecule has 0 heterocycles. The molecule has 1 aliphatic rings. The molecule has 1 fully saturated rings. The maximum atomic E-state index is 14.5. The highest BCUT2D eigenvalue weighted by molar-refractivity contribution is 5.45. The number of benzene rings is 2. The van der Waals surface area contributed by atoms with Gasteiger partial charge in [-0.15, -0.1) is 0 Å². The molecule has 0 aliphatic heterocycles. The van der Waals surface area contributed by atoms with Gasteiger partial charge in [0.15, 0.2) is 0 Å². The molecule has 0 atom stereocenters. The Hall–Kier alpha value is -2.07. The molecule has 0 amide bonds. The molecular weight excluding hydrogens is 319 g/mol. The number of rotatable bonds is 4. The first kappa shape index (κ1) is 18.7. The van der Waals surface area contributed by atoms with E-state index in [4.69, 9.17) is 0 Å². The lowest BCUT2D eigenvalue weighted by Gasteiger charge is -2.28. The quantitative estimate of drug-likeness (QED) is 0.529. The fourth-order valence-corrected chi connectivity index (χ4v) is 4.04. The summed E-state index contributed by atoms with van der Waals surface area (Å²) in [7, 11) is 0. The summed E-state index contributed by atoms with van der Waals surface area (Å²) in [6, 6.07) is 13.8. The van der Waals surface area contributed by atoms with Gasteiger partial charge in [-0.1, -0.05) is 56.7 Å². The van der Waals surface area contributed by atoms with Crippen molar-refractivity contribution in [3.63, 3.8) is 0 Å². The molecule has 0 unspecified atom stereocenters. The van der Waals surface area contributed by atoms with Crippen LogP contribution in [0, 0.1) is 23.6 Å². The minimum atomic E-state index is -0.184. The van der Waals surface area contributed by atoms with Crippen LogP contribution in [0.3, 0.4) is 0 Å². The van der Waals surface area contributed by atoms with E-state index < -0.39 is 0 Å². The van der Waals surface area contributed by atoms with Crippen LogP contribution in [0.5, 0.6) is 0 Å². The van der Waals surface area contributed by atoms with E-state index in [-0.39, 0.29) is 5.82 Å². The molecule has 0 bridgehead atoms. The van der Waals surface area contributed by atoms with Gasteiger partial charge in [0.2, 0.25) is 0 Å². The van der Waals surface area contributed by atoms with Crippen molar-refractivity contribution in [3.05, 3.63) is 70.5 Å². The van der Waals surface area contributed by atoms with Gasteiger partial charge in [0, 0.05) is 5.56 Å². The fraction of sp³-hybridized carbons (Fsp3) is 0.440. The summed E-state index contributed by atoms with van der Waals surface area (Å²) in [5.41, 5.74) is 3.86. The lowest BCUT2D eigenvalue weighted by molar-refractivity contribution is 0.308. The summed E-state index contributed by atoms with van der Waals surface area (Å²) in [6.07, 6.45) is 8.60. The Labute approximate surface area is 157 Å². The summed E-state index contributed by atoms with van der Waals surface area (Å²) in [6.45, 7) is 4.40. The standard InChI is InChI=1S/C25H29F/c1-3-5-20-10-13-22(14-11-20)24-17-16-23(25(26)18-24)15-12-21-8-6-19(4-2)7-9-21/h6-9,16-18,20,22H,3-5,10-11,13-14H2,1-2H3. The average molecular weight is 349 g/mol. The van der Waals surface area contributed by atoms with Gasteiger partial charge in [0.25, 0.3) is 0 Å². The van der Waals surface area contributed by atoms with Gasteiger partial charge in [0.1, 0.15) is 5.82 Å². The van der Waals surface area contributed by atoms with Gasteiger partial charge in [-0.2, -0.15) is 0 Å². The van der Waals surface area contributed by atoms with E-state index in [1.807, 2.05) is 18.2 Å². The predicted molar refractivity (Wildman–Crippen MR) is 108 cm³/mol. The molecule has 1 aliphatic carbocycles. The van der Waals surface area contributed by atoms with Crippen molar-refractivity contribution < 1.29 is 4.39 Å². The summed E-state index contributed by atoms with van der Waals surface area (Å²) in [5, 5.41) is 0. The molecule has 0 saturated heterocycles. The number of halogens is 1. The lowest BCUT2D eigenvalue weighted by atomic mass is 9.77. The van der Waals surface area contributed by atoms with Crippen molar-refractivity contribution in [2.75, 3.05) is 0 Å². The molecule has 136 valence electrons. The summed E-state index contributed by atoms with van der Waals surface area (Å²) >= 11 is 0. The molecule has 0 N–H and O–H groups in total. The minimum Gasteiger partial charge on any atom is -0.206 e. The molecule has 0 nitrogen and oxygen atoms in total. The molecule has 1 saturated carbocycles. The van der Waals surface area contributed by atoms with E-state index >= 15 is 0 Å². The summed E-state index contributed by atoms with van der Waals surface area (Å²) < 4.78 is 14.5.